The number of rotatable bonds is 7. The molecule has 0 saturated carbocycles. The number of aryl methyl sites for hydroxylation is 1. The number of esters is 1. The van der Waals surface area contributed by atoms with Gasteiger partial charge in [-0.3, -0.25) is 0 Å². The van der Waals surface area contributed by atoms with Gasteiger partial charge in [0.15, 0.2) is 11.8 Å². The summed E-state index contributed by atoms with van der Waals surface area (Å²) in [7, 11) is 0. The summed E-state index contributed by atoms with van der Waals surface area (Å²) in [6.45, 7) is 4.13. The zero-order valence-corrected chi connectivity index (χ0v) is 18.3. The van der Waals surface area contributed by atoms with E-state index in [0.29, 0.717) is 12.1 Å². The Morgan fingerprint density at radius 2 is 2.23 bits per heavy atom. The molecule has 0 radical (unpaired) electrons. The Hall–Kier alpha value is -3.01. The molecular formula is C20H22BrN7O2. The minimum Gasteiger partial charge on any atom is -0.460 e. The number of ether oxygens (including phenoxy) is 1. The third-order valence-electron chi connectivity index (χ3n) is 4.74. The van der Waals surface area contributed by atoms with Crippen molar-refractivity contribution in [1.29, 1.82) is 0 Å². The van der Waals surface area contributed by atoms with E-state index in [1.807, 2.05) is 29.1 Å². The predicted molar refractivity (Wildman–Crippen MR) is 114 cm³/mol. The lowest BCUT2D eigenvalue weighted by molar-refractivity contribution is 0.0512. The summed E-state index contributed by atoms with van der Waals surface area (Å²) in [5.74, 6) is -0.484. The quantitative estimate of drug-likeness (QED) is 0.528. The third kappa shape index (κ3) is 3.87. The Balaban J connectivity index is 1.71. The van der Waals surface area contributed by atoms with Gasteiger partial charge in [-0.1, -0.05) is 29.3 Å². The topological polar surface area (TPSA) is 99.2 Å². The summed E-state index contributed by atoms with van der Waals surface area (Å²) >= 11 is 3.60. The number of fused-ring (bicyclic) bond motifs is 1. The highest BCUT2D eigenvalue weighted by atomic mass is 79.9. The number of allylic oxidation sites excluding steroid dienone is 2. The van der Waals surface area contributed by atoms with E-state index >= 15 is 0 Å². The number of nitrogens with zero attached hydrogens (tertiary/aromatic N) is 6. The molecule has 1 aliphatic heterocycles. The number of carbonyl (C=O) groups excluding carboxylic acids is 1. The minimum absolute atomic E-state index is 0.0467. The molecule has 30 heavy (non-hydrogen) atoms. The van der Waals surface area contributed by atoms with Crippen molar-refractivity contribution in [3.63, 3.8) is 0 Å². The van der Waals surface area contributed by atoms with Crippen LogP contribution in [0.2, 0.25) is 0 Å². The van der Waals surface area contributed by atoms with Crippen LogP contribution in [-0.4, -0.2) is 41.9 Å². The highest BCUT2D eigenvalue weighted by Gasteiger charge is 2.22. The molecule has 10 heteroatoms. The van der Waals surface area contributed by atoms with Crippen LogP contribution in [0.3, 0.4) is 0 Å². The van der Waals surface area contributed by atoms with Crippen molar-refractivity contribution in [2.45, 2.75) is 39.3 Å². The maximum Gasteiger partial charge on any atom is 0.378 e. The lowest BCUT2D eigenvalue weighted by Gasteiger charge is -2.22. The molecule has 0 fully saturated rings. The van der Waals surface area contributed by atoms with Gasteiger partial charge in [0.1, 0.15) is 6.33 Å². The summed E-state index contributed by atoms with van der Waals surface area (Å²) in [4.78, 5) is 21.1. The Morgan fingerprint density at radius 1 is 1.37 bits per heavy atom. The first-order chi connectivity index (χ1) is 14.6. The van der Waals surface area contributed by atoms with Crippen molar-refractivity contribution in [1.82, 2.24) is 34.7 Å². The molecule has 3 aromatic heterocycles. The highest BCUT2D eigenvalue weighted by molar-refractivity contribution is 9.11. The summed E-state index contributed by atoms with van der Waals surface area (Å²) in [5.41, 5.74) is 3.51. The lowest BCUT2D eigenvalue weighted by Crippen LogP contribution is -2.27. The van der Waals surface area contributed by atoms with E-state index in [9.17, 15) is 4.79 Å². The Bertz CT molecular complexity index is 1130. The summed E-state index contributed by atoms with van der Waals surface area (Å²) < 4.78 is 9.50. The van der Waals surface area contributed by atoms with Gasteiger partial charge in [0.05, 0.1) is 12.3 Å². The van der Waals surface area contributed by atoms with E-state index in [4.69, 9.17) is 4.74 Å². The van der Waals surface area contributed by atoms with Crippen molar-refractivity contribution in [3.8, 4) is 0 Å². The van der Waals surface area contributed by atoms with E-state index in [1.165, 1.54) is 0 Å². The highest BCUT2D eigenvalue weighted by Crippen LogP contribution is 2.26. The molecule has 0 spiro atoms. The second-order valence-electron chi connectivity index (χ2n) is 6.77. The average molecular weight is 472 g/mol. The molecule has 1 unspecified atom stereocenters. The Morgan fingerprint density at radius 3 is 3.00 bits per heavy atom. The molecule has 1 atom stereocenters. The van der Waals surface area contributed by atoms with Gasteiger partial charge in [-0.15, -0.1) is 5.10 Å². The number of hydrogen-bond donors (Lipinski definition) is 1. The number of carbonyl (C=O) groups is 1. The average Bonchev–Trinajstić information content (AvgIpc) is 3.37. The van der Waals surface area contributed by atoms with Gasteiger partial charge in [-0.05, 0) is 37.8 Å². The first-order valence-electron chi connectivity index (χ1n) is 9.83. The van der Waals surface area contributed by atoms with Gasteiger partial charge in [0.25, 0.3) is 5.82 Å². The zero-order valence-electron chi connectivity index (χ0n) is 16.7. The zero-order chi connectivity index (χ0) is 21.1. The maximum absolute atomic E-state index is 12.1. The van der Waals surface area contributed by atoms with E-state index in [-0.39, 0.29) is 18.6 Å². The van der Waals surface area contributed by atoms with Gasteiger partial charge in [0, 0.05) is 28.4 Å². The second-order valence-corrected chi connectivity index (χ2v) is 7.68. The minimum atomic E-state index is -0.531. The van der Waals surface area contributed by atoms with Crippen LogP contribution in [0, 0.1) is 0 Å². The monoisotopic (exact) mass is 471 g/mol. The van der Waals surface area contributed by atoms with Crippen LogP contribution in [0.5, 0.6) is 0 Å². The van der Waals surface area contributed by atoms with Gasteiger partial charge < -0.3 is 10.1 Å². The van der Waals surface area contributed by atoms with E-state index < -0.39 is 5.97 Å². The van der Waals surface area contributed by atoms with Crippen LogP contribution in [0.4, 0.5) is 0 Å². The number of nitrogens with one attached hydrogen (secondary N) is 1. The van der Waals surface area contributed by atoms with Crippen LogP contribution in [-0.2, 0) is 17.6 Å². The van der Waals surface area contributed by atoms with E-state index in [0.717, 1.165) is 34.3 Å². The molecule has 0 saturated heterocycles. The number of hydrogen-bond acceptors (Lipinski definition) is 7. The van der Waals surface area contributed by atoms with Gasteiger partial charge in [-0.25, -0.2) is 24.0 Å². The molecule has 9 nitrogen and oxygen atoms in total. The molecule has 156 valence electrons. The molecule has 0 bridgehead atoms. The van der Waals surface area contributed by atoms with E-state index in [1.54, 1.807) is 24.0 Å². The maximum atomic E-state index is 12.1. The standard InChI is InChI=1S/C20H22BrN7O2/c1-3-6-14-16(23-12-27-18(14)25-17(26-27)20(29)30-4-2)11-13-8-10-24-28(13)19-15(21)7-5-9-22-19/h5,7-10,12,19,22H,3-4,6,11H2,1-2H3. The molecule has 1 aliphatic rings. The normalized spacial score (nSPS) is 15.8. The molecule has 4 rings (SSSR count). The van der Waals surface area contributed by atoms with Crippen LogP contribution in [0.1, 0.15) is 54.0 Å². The van der Waals surface area contributed by atoms with Gasteiger partial charge in [0.2, 0.25) is 0 Å². The van der Waals surface area contributed by atoms with E-state index in [2.05, 4.69) is 48.3 Å². The Kier molecular flexibility index (Phi) is 5.93. The van der Waals surface area contributed by atoms with Gasteiger partial charge in [-0.2, -0.15) is 5.10 Å². The molecule has 0 aliphatic carbocycles. The van der Waals surface area contributed by atoms with Crippen molar-refractivity contribution in [2.75, 3.05) is 6.61 Å². The SMILES string of the molecule is CCCc1c(Cc2ccnn2C2NC=CC=C2Br)ncn2nc(C(=O)OCC)nc12. The summed E-state index contributed by atoms with van der Waals surface area (Å²) in [5, 5.41) is 12.0. The Labute approximate surface area is 182 Å². The first kappa shape index (κ1) is 20.3. The second kappa shape index (κ2) is 8.78. The van der Waals surface area contributed by atoms with Gasteiger partial charge >= 0.3 is 5.97 Å². The number of halogens is 1. The largest absolute Gasteiger partial charge is 0.460 e. The number of dihydropyridines is 1. The molecule has 0 aromatic carbocycles. The summed E-state index contributed by atoms with van der Waals surface area (Å²) in [6.07, 6.45) is 11.4. The fraction of sp³-hybridized carbons (Fsp3) is 0.350. The molecule has 4 heterocycles. The first-order valence-corrected chi connectivity index (χ1v) is 10.6. The van der Waals surface area contributed by atoms with Crippen molar-refractivity contribution >= 4 is 27.5 Å². The molecule has 0 amide bonds. The van der Waals surface area contributed by atoms with Crippen molar-refractivity contribution in [2.24, 2.45) is 0 Å². The molecule has 1 N–H and O–H groups in total. The van der Waals surface area contributed by atoms with Crippen LogP contribution >= 0.6 is 15.9 Å². The van der Waals surface area contributed by atoms with Crippen LogP contribution in [0.25, 0.3) is 5.65 Å². The van der Waals surface area contributed by atoms with Crippen molar-refractivity contribution < 1.29 is 9.53 Å². The van der Waals surface area contributed by atoms with Crippen LogP contribution < -0.4 is 5.32 Å². The van der Waals surface area contributed by atoms with Crippen LogP contribution in [0.15, 0.2) is 41.4 Å². The predicted octanol–water partition coefficient (Wildman–Crippen LogP) is 2.94. The molecular weight excluding hydrogens is 450 g/mol. The fourth-order valence-corrected chi connectivity index (χ4v) is 3.89. The summed E-state index contributed by atoms with van der Waals surface area (Å²) in [6, 6.07) is 1.98. The fourth-order valence-electron chi connectivity index (χ4n) is 3.41. The van der Waals surface area contributed by atoms with Crippen molar-refractivity contribution in [3.05, 3.63) is 64.2 Å². The lowest BCUT2D eigenvalue weighted by atomic mass is 10.1. The number of aromatic nitrogens is 6. The molecule has 3 aromatic rings. The third-order valence-corrected chi connectivity index (χ3v) is 5.44. The smallest absolute Gasteiger partial charge is 0.378 e.